The van der Waals surface area contributed by atoms with Crippen LogP contribution in [-0.2, 0) is 17.8 Å². The molecule has 0 spiro atoms. The molecular weight excluding hydrogens is 490 g/mol. The SMILES string of the molecule is CCc1cc(Nc2cc(=O)n(CCCC(=O)N3CCN(c4ccc(Cl)cc4)C(C)C3)c(=O)[nH]2)ccc1C. The normalized spacial score (nSPS) is 15.6. The molecule has 1 saturated heterocycles. The second-order valence-electron chi connectivity index (χ2n) is 9.56. The molecule has 0 aliphatic carbocycles. The van der Waals surface area contributed by atoms with E-state index in [0.29, 0.717) is 30.4 Å². The number of halogens is 1. The van der Waals surface area contributed by atoms with Gasteiger partial charge in [-0.05, 0) is 74.2 Å². The number of aromatic amines is 1. The van der Waals surface area contributed by atoms with Crippen LogP contribution in [0, 0.1) is 6.92 Å². The van der Waals surface area contributed by atoms with Crippen LogP contribution < -0.4 is 21.5 Å². The van der Waals surface area contributed by atoms with Crippen LogP contribution in [0.15, 0.2) is 58.1 Å². The molecule has 1 atom stereocenters. The molecule has 2 N–H and O–H groups in total. The molecule has 37 heavy (non-hydrogen) atoms. The number of hydrogen-bond acceptors (Lipinski definition) is 5. The van der Waals surface area contributed by atoms with E-state index in [1.165, 1.54) is 17.2 Å². The molecule has 0 radical (unpaired) electrons. The Labute approximate surface area is 221 Å². The molecule has 1 aromatic heterocycles. The molecule has 2 aromatic carbocycles. The first-order valence-corrected chi connectivity index (χ1v) is 13.1. The van der Waals surface area contributed by atoms with E-state index in [1.54, 1.807) is 0 Å². The molecule has 2 heterocycles. The molecule has 0 bridgehead atoms. The van der Waals surface area contributed by atoms with Gasteiger partial charge in [0.25, 0.3) is 5.56 Å². The van der Waals surface area contributed by atoms with Gasteiger partial charge in [0.15, 0.2) is 0 Å². The quantitative estimate of drug-likeness (QED) is 0.459. The molecule has 1 fully saturated rings. The highest BCUT2D eigenvalue weighted by Crippen LogP contribution is 2.23. The second-order valence-corrected chi connectivity index (χ2v) is 10.00. The van der Waals surface area contributed by atoms with Gasteiger partial charge in [0.1, 0.15) is 5.82 Å². The Morgan fingerprint density at radius 3 is 2.54 bits per heavy atom. The Morgan fingerprint density at radius 2 is 1.86 bits per heavy atom. The zero-order valence-electron chi connectivity index (χ0n) is 21.6. The van der Waals surface area contributed by atoms with E-state index in [-0.39, 0.29) is 24.9 Å². The summed E-state index contributed by atoms with van der Waals surface area (Å²) in [5, 5.41) is 3.81. The van der Waals surface area contributed by atoms with Gasteiger partial charge >= 0.3 is 5.69 Å². The van der Waals surface area contributed by atoms with Crippen molar-refractivity contribution in [2.45, 2.75) is 52.6 Å². The molecule has 9 heteroatoms. The molecule has 196 valence electrons. The summed E-state index contributed by atoms with van der Waals surface area (Å²) < 4.78 is 1.15. The van der Waals surface area contributed by atoms with Crippen LogP contribution in [0.2, 0.25) is 5.02 Å². The minimum Gasteiger partial charge on any atom is -0.365 e. The molecule has 1 aliphatic heterocycles. The van der Waals surface area contributed by atoms with Crippen molar-refractivity contribution in [3.8, 4) is 0 Å². The third-order valence-corrected chi connectivity index (χ3v) is 7.19. The summed E-state index contributed by atoms with van der Waals surface area (Å²) in [4.78, 5) is 44.9. The number of rotatable bonds is 8. The van der Waals surface area contributed by atoms with Crippen molar-refractivity contribution in [3.63, 3.8) is 0 Å². The van der Waals surface area contributed by atoms with E-state index < -0.39 is 11.2 Å². The van der Waals surface area contributed by atoms with Crippen molar-refractivity contribution < 1.29 is 4.79 Å². The molecular formula is C28H34ClN5O3. The van der Waals surface area contributed by atoms with Crippen molar-refractivity contribution in [3.05, 3.63) is 85.5 Å². The lowest BCUT2D eigenvalue weighted by Crippen LogP contribution is -2.53. The predicted molar refractivity (Wildman–Crippen MR) is 149 cm³/mol. The largest absolute Gasteiger partial charge is 0.365 e. The van der Waals surface area contributed by atoms with E-state index >= 15 is 0 Å². The molecule has 0 saturated carbocycles. The van der Waals surface area contributed by atoms with E-state index in [1.807, 2.05) is 47.4 Å². The molecule has 1 unspecified atom stereocenters. The maximum absolute atomic E-state index is 12.8. The van der Waals surface area contributed by atoms with Crippen LogP contribution in [0.4, 0.5) is 17.2 Å². The number of piperazine rings is 1. The third-order valence-electron chi connectivity index (χ3n) is 6.94. The van der Waals surface area contributed by atoms with Gasteiger partial charge in [0.05, 0.1) is 0 Å². The van der Waals surface area contributed by atoms with E-state index in [4.69, 9.17) is 11.6 Å². The average Bonchev–Trinajstić information content (AvgIpc) is 2.87. The van der Waals surface area contributed by atoms with Crippen molar-refractivity contribution in [1.82, 2.24) is 14.5 Å². The minimum atomic E-state index is -0.490. The number of nitrogens with one attached hydrogen (secondary N) is 2. The number of carbonyl (C=O) groups is 1. The van der Waals surface area contributed by atoms with Crippen molar-refractivity contribution >= 4 is 34.7 Å². The lowest BCUT2D eigenvalue weighted by atomic mass is 10.1. The number of aryl methyl sites for hydroxylation is 2. The maximum Gasteiger partial charge on any atom is 0.329 e. The molecule has 8 nitrogen and oxygen atoms in total. The van der Waals surface area contributed by atoms with Gasteiger partial charge in [-0.2, -0.15) is 0 Å². The van der Waals surface area contributed by atoms with Crippen LogP contribution in [-0.4, -0.2) is 46.0 Å². The summed E-state index contributed by atoms with van der Waals surface area (Å²) in [6.07, 6.45) is 1.59. The maximum atomic E-state index is 12.8. The highest BCUT2D eigenvalue weighted by atomic mass is 35.5. The summed E-state index contributed by atoms with van der Waals surface area (Å²) in [6.45, 7) is 8.42. The fourth-order valence-electron chi connectivity index (χ4n) is 4.83. The van der Waals surface area contributed by atoms with Crippen LogP contribution in [0.3, 0.4) is 0 Å². The second kappa shape index (κ2) is 11.7. The van der Waals surface area contributed by atoms with Crippen LogP contribution in [0.1, 0.15) is 37.8 Å². The van der Waals surface area contributed by atoms with E-state index in [2.05, 4.69) is 36.0 Å². The topological polar surface area (TPSA) is 90.4 Å². The lowest BCUT2D eigenvalue weighted by molar-refractivity contribution is -0.132. The first-order valence-electron chi connectivity index (χ1n) is 12.8. The number of carbonyl (C=O) groups excluding carboxylic acids is 1. The predicted octanol–water partition coefficient (Wildman–Crippen LogP) is 4.32. The third kappa shape index (κ3) is 6.43. The standard InChI is InChI=1S/C28H34ClN5O3/c1-4-21-16-23(10-7-19(21)2)30-25-17-27(36)34(28(37)31-25)13-5-6-26(35)32-14-15-33(20(3)18-32)24-11-8-22(29)9-12-24/h7-12,16-17,20,30H,4-6,13-15,18H2,1-3H3,(H,31,37). The minimum absolute atomic E-state index is 0.0384. The van der Waals surface area contributed by atoms with Crippen molar-refractivity contribution in [1.29, 1.82) is 0 Å². The summed E-state index contributed by atoms with van der Waals surface area (Å²) in [5.74, 6) is 0.386. The molecule has 4 rings (SSSR count). The van der Waals surface area contributed by atoms with Crippen LogP contribution in [0.25, 0.3) is 0 Å². The number of nitrogens with zero attached hydrogens (tertiary/aromatic N) is 3. The lowest BCUT2D eigenvalue weighted by Gasteiger charge is -2.41. The highest BCUT2D eigenvalue weighted by molar-refractivity contribution is 6.30. The fourth-order valence-corrected chi connectivity index (χ4v) is 4.96. The van der Waals surface area contributed by atoms with Gasteiger partial charge in [0.2, 0.25) is 5.91 Å². The van der Waals surface area contributed by atoms with Gasteiger partial charge in [-0.25, -0.2) is 4.79 Å². The van der Waals surface area contributed by atoms with Crippen LogP contribution in [0.5, 0.6) is 0 Å². The van der Waals surface area contributed by atoms with Crippen LogP contribution >= 0.6 is 11.6 Å². The highest BCUT2D eigenvalue weighted by Gasteiger charge is 2.26. The Kier molecular flexibility index (Phi) is 8.38. The Bertz CT molecular complexity index is 1330. The number of amides is 1. The van der Waals surface area contributed by atoms with Crippen molar-refractivity contribution in [2.75, 3.05) is 29.9 Å². The Balaban J connectivity index is 1.31. The number of H-pyrrole nitrogens is 1. The zero-order valence-corrected chi connectivity index (χ0v) is 22.3. The summed E-state index contributed by atoms with van der Waals surface area (Å²) >= 11 is 6.00. The zero-order chi connectivity index (χ0) is 26.5. The Hall–Kier alpha value is -3.52. The van der Waals surface area contributed by atoms with Gasteiger partial charge in [-0.1, -0.05) is 24.6 Å². The van der Waals surface area contributed by atoms with Gasteiger partial charge in [-0.15, -0.1) is 0 Å². The molecule has 1 aliphatic rings. The van der Waals surface area contributed by atoms with E-state index in [9.17, 15) is 14.4 Å². The number of anilines is 3. The first-order chi connectivity index (χ1) is 17.7. The first kappa shape index (κ1) is 26.5. The summed E-state index contributed by atoms with van der Waals surface area (Å²) in [6, 6.07) is 15.2. The summed E-state index contributed by atoms with van der Waals surface area (Å²) in [7, 11) is 0. The van der Waals surface area contributed by atoms with Crippen molar-refractivity contribution in [2.24, 2.45) is 0 Å². The smallest absolute Gasteiger partial charge is 0.329 e. The average molecular weight is 524 g/mol. The molecule has 1 amide bonds. The monoisotopic (exact) mass is 523 g/mol. The number of aromatic nitrogens is 2. The molecule has 3 aromatic rings. The van der Waals surface area contributed by atoms with E-state index in [0.717, 1.165) is 28.9 Å². The number of hydrogen-bond donors (Lipinski definition) is 2. The number of benzene rings is 2. The van der Waals surface area contributed by atoms with Gasteiger partial charge < -0.3 is 15.1 Å². The Morgan fingerprint density at radius 1 is 1.11 bits per heavy atom. The fraction of sp³-hybridized carbons (Fsp3) is 0.393. The van der Waals surface area contributed by atoms with Gasteiger partial charge in [0, 0.05) is 61.1 Å². The van der Waals surface area contributed by atoms with Gasteiger partial charge in [-0.3, -0.25) is 19.1 Å². The summed E-state index contributed by atoms with van der Waals surface area (Å²) in [5.41, 5.74) is 3.41.